The minimum Gasteiger partial charge on any atom is -0.326 e. The van der Waals surface area contributed by atoms with Crippen LogP contribution in [0.2, 0.25) is 0 Å². The molecule has 2 N–H and O–H groups in total. The van der Waals surface area contributed by atoms with Crippen LogP contribution in [0.25, 0.3) is 0 Å². The molecule has 0 radical (unpaired) electrons. The summed E-state index contributed by atoms with van der Waals surface area (Å²) in [6.07, 6.45) is 0.843. The van der Waals surface area contributed by atoms with Crippen molar-refractivity contribution in [1.29, 1.82) is 0 Å². The van der Waals surface area contributed by atoms with Gasteiger partial charge in [-0.3, -0.25) is 13.7 Å². The Morgan fingerprint density at radius 3 is 2.53 bits per heavy atom. The zero-order chi connectivity index (χ0) is 21.1. The molecule has 1 amide bonds. The van der Waals surface area contributed by atoms with Gasteiger partial charge >= 0.3 is 0 Å². The molecular weight excluding hydrogens is 420 g/mol. The number of carbonyl (C=O) groups excluding carboxylic acids is 1. The third-order valence-electron chi connectivity index (χ3n) is 4.77. The molecule has 1 unspecified atom stereocenters. The topological polar surface area (TPSA) is 92.3 Å². The lowest BCUT2D eigenvalue weighted by molar-refractivity contribution is -0.116. The van der Waals surface area contributed by atoms with E-state index in [1.807, 2.05) is 24.3 Å². The fourth-order valence-electron chi connectivity index (χ4n) is 3.27. The van der Waals surface area contributed by atoms with Gasteiger partial charge in [-0.2, -0.15) is 0 Å². The maximum Gasteiger partial charge on any atom is 0.261 e. The monoisotopic (exact) mass is 440 g/mol. The maximum atomic E-state index is 12.8. The second-order valence-corrected chi connectivity index (χ2v) is 10.1. The van der Waals surface area contributed by atoms with Gasteiger partial charge in [0.1, 0.15) is 0 Å². The van der Waals surface area contributed by atoms with Gasteiger partial charge in [-0.1, -0.05) is 30.3 Å². The van der Waals surface area contributed by atoms with E-state index in [0.717, 1.165) is 16.0 Å². The van der Waals surface area contributed by atoms with Crippen molar-refractivity contribution in [1.82, 2.24) is 0 Å². The van der Waals surface area contributed by atoms with Gasteiger partial charge in [0.05, 0.1) is 21.4 Å². The average molecular weight is 441 g/mol. The molecule has 1 aliphatic heterocycles. The number of fused-ring (bicyclic) bond motifs is 1. The SMILES string of the molecule is O=C1CCc2cc(S(=O)(=O)Nc3cccc(CS(=O)c4ccccc4)c3)ccc2N1. The maximum absolute atomic E-state index is 12.8. The van der Waals surface area contributed by atoms with Crippen LogP contribution in [0.15, 0.2) is 82.6 Å². The van der Waals surface area contributed by atoms with E-state index in [0.29, 0.717) is 24.2 Å². The minimum atomic E-state index is -3.80. The summed E-state index contributed by atoms with van der Waals surface area (Å²) in [6, 6.07) is 20.7. The van der Waals surface area contributed by atoms with Gasteiger partial charge in [0.25, 0.3) is 10.0 Å². The van der Waals surface area contributed by atoms with Gasteiger partial charge < -0.3 is 5.32 Å². The first kappa shape index (κ1) is 20.3. The Morgan fingerprint density at radius 1 is 0.933 bits per heavy atom. The number of carbonyl (C=O) groups is 1. The lowest BCUT2D eigenvalue weighted by Gasteiger charge is -2.18. The zero-order valence-electron chi connectivity index (χ0n) is 16.0. The molecule has 0 aliphatic carbocycles. The van der Waals surface area contributed by atoms with Gasteiger partial charge in [-0.15, -0.1) is 0 Å². The average Bonchev–Trinajstić information content (AvgIpc) is 2.74. The first-order chi connectivity index (χ1) is 14.4. The predicted octanol–water partition coefficient (Wildman–Crippen LogP) is 3.68. The molecule has 0 saturated heterocycles. The minimum absolute atomic E-state index is 0.0686. The fraction of sp³-hybridized carbons (Fsp3) is 0.136. The van der Waals surface area contributed by atoms with E-state index < -0.39 is 20.8 Å². The molecule has 0 bridgehead atoms. The Morgan fingerprint density at radius 2 is 1.73 bits per heavy atom. The lowest BCUT2D eigenvalue weighted by Crippen LogP contribution is -2.20. The van der Waals surface area contributed by atoms with E-state index in [1.165, 1.54) is 6.07 Å². The molecule has 154 valence electrons. The molecule has 8 heteroatoms. The number of anilines is 2. The number of sulfonamides is 1. The molecule has 1 heterocycles. The van der Waals surface area contributed by atoms with Crippen molar-refractivity contribution in [3.05, 3.63) is 83.9 Å². The zero-order valence-corrected chi connectivity index (χ0v) is 17.6. The summed E-state index contributed by atoms with van der Waals surface area (Å²) in [4.78, 5) is 12.3. The summed E-state index contributed by atoms with van der Waals surface area (Å²) in [5.41, 5.74) is 2.62. The Balaban J connectivity index is 1.52. The van der Waals surface area contributed by atoms with Crippen LogP contribution in [0.3, 0.4) is 0 Å². The second-order valence-electron chi connectivity index (χ2n) is 6.98. The molecular formula is C22H20N2O4S2. The van der Waals surface area contributed by atoms with Crippen LogP contribution in [0, 0.1) is 0 Å². The molecule has 0 aromatic heterocycles. The molecule has 6 nitrogen and oxygen atoms in total. The Hall–Kier alpha value is -2.97. The van der Waals surface area contributed by atoms with Crippen molar-refractivity contribution in [2.75, 3.05) is 10.0 Å². The summed E-state index contributed by atoms with van der Waals surface area (Å²) in [6.45, 7) is 0. The lowest BCUT2D eigenvalue weighted by atomic mass is 10.0. The highest BCUT2D eigenvalue weighted by molar-refractivity contribution is 7.92. The summed E-state index contributed by atoms with van der Waals surface area (Å²) in [5, 5.41) is 2.74. The summed E-state index contributed by atoms with van der Waals surface area (Å²) in [7, 11) is -5.01. The van der Waals surface area contributed by atoms with E-state index in [2.05, 4.69) is 10.0 Å². The molecule has 1 aliphatic rings. The normalized spacial score (nSPS) is 14.5. The number of aryl methyl sites for hydroxylation is 1. The van der Waals surface area contributed by atoms with Gasteiger partial charge in [0.15, 0.2) is 0 Å². The van der Waals surface area contributed by atoms with Crippen LogP contribution in [0.1, 0.15) is 17.5 Å². The van der Waals surface area contributed by atoms with Gasteiger partial charge in [-0.05, 0) is 60.0 Å². The van der Waals surface area contributed by atoms with Crippen molar-refractivity contribution in [3.63, 3.8) is 0 Å². The number of rotatable bonds is 6. The van der Waals surface area contributed by atoms with Crippen LogP contribution in [-0.2, 0) is 37.8 Å². The van der Waals surface area contributed by atoms with Crippen LogP contribution < -0.4 is 10.0 Å². The van der Waals surface area contributed by atoms with E-state index in [1.54, 1.807) is 42.5 Å². The highest BCUT2D eigenvalue weighted by Gasteiger charge is 2.20. The third-order valence-corrected chi connectivity index (χ3v) is 7.54. The largest absolute Gasteiger partial charge is 0.326 e. The van der Waals surface area contributed by atoms with Crippen molar-refractivity contribution < 1.29 is 17.4 Å². The van der Waals surface area contributed by atoms with E-state index in [-0.39, 0.29) is 16.6 Å². The third kappa shape index (κ3) is 4.60. The van der Waals surface area contributed by atoms with E-state index >= 15 is 0 Å². The first-order valence-electron chi connectivity index (χ1n) is 9.39. The van der Waals surface area contributed by atoms with Crippen molar-refractivity contribution in [3.8, 4) is 0 Å². The van der Waals surface area contributed by atoms with Crippen LogP contribution >= 0.6 is 0 Å². The molecule has 0 saturated carbocycles. The molecule has 0 fully saturated rings. The van der Waals surface area contributed by atoms with Crippen LogP contribution in [0.4, 0.5) is 11.4 Å². The van der Waals surface area contributed by atoms with Gasteiger partial charge in [-0.25, -0.2) is 8.42 Å². The molecule has 0 spiro atoms. The predicted molar refractivity (Wildman–Crippen MR) is 117 cm³/mol. The number of nitrogens with one attached hydrogen (secondary N) is 2. The summed E-state index contributed by atoms with van der Waals surface area (Å²) < 4.78 is 40.8. The van der Waals surface area contributed by atoms with Gasteiger partial charge in [0, 0.05) is 22.7 Å². The first-order valence-corrected chi connectivity index (χ1v) is 12.2. The Labute approximate surface area is 177 Å². The second kappa shape index (κ2) is 8.41. The number of hydrogen-bond donors (Lipinski definition) is 2. The Bertz CT molecular complexity index is 1220. The summed E-state index contributed by atoms with van der Waals surface area (Å²) >= 11 is 0. The quantitative estimate of drug-likeness (QED) is 0.612. The standard InChI is InChI=1S/C22H20N2O4S2/c25-22-12-9-17-14-20(10-11-21(17)23-22)30(27,28)24-18-6-4-5-16(13-18)15-29(26)19-7-2-1-3-8-19/h1-8,10-11,13-14,24H,9,12,15H2,(H,23,25). The highest BCUT2D eigenvalue weighted by Crippen LogP contribution is 2.27. The van der Waals surface area contributed by atoms with Crippen molar-refractivity contribution in [2.24, 2.45) is 0 Å². The molecule has 3 aromatic carbocycles. The van der Waals surface area contributed by atoms with Crippen molar-refractivity contribution >= 4 is 38.1 Å². The number of hydrogen-bond acceptors (Lipinski definition) is 4. The Kier molecular flexibility index (Phi) is 5.69. The number of amides is 1. The fourth-order valence-corrected chi connectivity index (χ4v) is 5.48. The van der Waals surface area contributed by atoms with Crippen LogP contribution in [-0.4, -0.2) is 18.5 Å². The van der Waals surface area contributed by atoms with Crippen LogP contribution in [0.5, 0.6) is 0 Å². The molecule has 30 heavy (non-hydrogen) atoms. The molecule has 4 rings (SSSR count). The summed E-state index contributed by atoms with van der Waals surface area (Å²) in [5.74, 6) is 0.221. The smallest absolute Gasteiger partial charge is 0.261 e. The molecule has 3 aromatic rings. The van der Waals surface area contributed by atoms with Gasteiger partial charge in [0.2, 0.25) is 5.91 Å². The van der Waals surface area contributed by atoms with E-state index in [4.69, 9.17) is 0 Å². The highest BCUT2D eigenvalue weighted by atomic mass is 32.2. The number of benzene rings is 3. The van der Waals surface area contributed by atoms with E-state index in [9.17, 15) is 17.4 Å². The van der Waals surface area contributed by atoms with Crippen molar-refractivity contribution in [2.45, 2.75) is 28.4 Å². The molecule has 1 atom stereocenters.